The molecule has 3 N–H and O–H groups in total. The zero-order chi connectivity index (χ0) is 22.4. The summed E-state index contributed by atoms with van der Waals surface area (Å²) in [5.74, 6) is 0.899. The van der Waals surface area contributed by atoms with Gasteiger partial charge in [-0.2, -0.15) is 0 Å². The van der Waals surface area contributed by atoms with Crippen molar-refractivity contribution in [3.8, 4) is 5.75 Å². The molecule has 1 aliphatic rings. The first-order chi connectivity index (χ1) is 15.1. The largest absolute Gasteiger partial charge is 0.497 e. The van der Waals surface area contributed by atoms with E-state index in [0.29, 0.717) is 12.5 Å². The molecule has 1 aliphatic carbocycles. The second kappa shape index (κ2) is 14.4. The fourth-order valence-corrected chi connectivity index (χ4v) is 3.94. The Balaban J connectivity index is 1.47. The highest BCUT2D eigenvalue weighted by molar-refractivity contribution is 5.27. The van der Waals surface area contributed by atoms with Gasteiger partial charge < -0.3 is 25.0 Å². The molecule has 0 amide bonds. The number of ether oxygens (including phenoxy) is 2. The van der Waals surface area contributed by atoms with Crippen LogP contribution in [-0.2, 0) is 11.2 Å². The molecule has 2 unspecified atom stereocenters. The van der Waals surface area contributed by atoms with Gasteiger partial charge in [0, 0.05) is 31.2 Å². The van der Waals surface area contributed by atoms with Gasteiger partial charge in [0.25, 0.3) is 0 Å². The molecule has 0 aromatic heterocycles. The number of nitrogens with one attached hydrogen (secondary N) is 1. The van der Waals surface area contributed by atoms with Crippen molar-refractivity contribution in [2.45, 2.75) is 57.9 Å². The lowest BCUT2D eigenvalue weighted by Gasteiger charge is -2.33. The summed E-state index contributed by atoms with van der Waals surface area (Å²) in [6.45, 7) is 4.73. The number of allylic oxidation sites excluding steroid dienone is 2. The first-order valence-corrected chi connectivity index (χ1v) is 11.6. The first kappa shape index (κ1) is 25.6. The van der Waals surface area contributed by atoms with E-state index in [1.165, 1.54) is 18.4 Å². The molecule has 2 atom stereocenters. The van der Waals surface area contributed by atoms with Crippen molar-refractivity contribution in [2.75, 3.05) is 40.1 Å². The van der Waals surface area contributed by atoms with E-state index >= 15 is 0 Å². The minimum absolute atomic E-state index is 0.0607. The highest BCUT2D eigenvalue weighted by atomic mass is 16.5. The van der Waals surface area contributed by atoms with Crippen LogP contribution in [0.2, 0.25) is 0 Å². The molecule has 0 aliphatic heterocycles. The van der Waals surface area contributed by atoms with Crippen molar-refractivity contribution in [3.05, 3.63) is 53.6 Å². The van der Waals surface area contributed by atoms with Crippen LogP contribution in [0.15, 0.2) is 48.1 Å². The summed E-state index contributed by atoms with van der Waals surface area (Å²) in [6, 6.07) is 8.65. The van der Waals surface area contributed by atoms with Crippen LogP contribution < -0.4 is 10.1 Å². The van der Waals surface area contributed by atoms with E-state index in [2.05, 4.69) is 30.4 Å². The number of benzene rings is 1. The monoisotopic (exact) mass is 431 g/mol. The van der Waals surface area contributed by atoms with E-state index in [1.54, 1.807) is 7.11 Å². The van der Waals surface area contributed by atoms with Crippen LogP contribution in [0.4, 0.5) is 0 Å². The highest BCUT2D eigenvalue weighted by Gasteiger charge is 2.29. The predicted octanol–water partition coefficient (Wildman–Crippen LogP) is 4.04. The quantitative estimate of drug-likeness (QED) is 0.345. The normalized spacial score (nSPS) is 19.3. The maximum atomic E-state index is 9.87. The molecule has 5 heteroatoms. The van der Waals surface area contributed by atoms with Gasteiger partial charge in [0.15, 0.2) is 0 Å². The van der Waals surface area contributed by atoms with Crippen LogP contribution in [0, 0.1) is 5.41 Å². The zero-order valence-electron chi connectivity index (χ0n) is 19.3. The molecule has 0 fully saturated rings. The maximum absolute atomic E-state index is 9.87. The van der Waals surface area contributed by atoms with Crippen molar-refractivity contribution in [1.29, 1.82) is 0 Å². The molecule has 0 radical (unpaired) electrons. The fraction of sp³-hybridized carbons (Fsp3) is 0.615. The van der Waals surface area contributed by atoms with E-state index in [0.717, 1.165) is 56.8 Å². The molecule has 0 saturated carbocycles. The van der Waals surface area contributed by atoms with Crippen molar-refractivity contribution in [1.82, 2.24) is 5.32 Å². The molecular formula is C26H41NO4. The molecule has 0 bridgehead atoms. The Morgan fingerprint density at radius 3 is 2.55 bits per heavy atom. The predicted molar refractivity (Wildman–Crippen MR) is 127 cm³/mol. The van der Waals surface area contributed by atoms with E-state index in [1.807, 2.05) is 24.3 Å². The average molecular weight is 432 g/mol. The van der Waals surface area contributed by atoms with Gasteiger partial charge in [-0.25, -0.2) is 0 Å². The minimum atomic E-state index is -0.291. The van der Waals surface area contributed by atoms with Gasteiger partial charge in [0.2, 0.25) is 0 Å². The SMILES string of the molecule is COc1ccc(CCCOCCCCCC(C)NCC2(CO)C=CC=C(CO)C2)cc1. The lowest BCUT2D eigenvalue weighted by atomic mass is 9.79. The van der Waals surface area contributed by atoms with Gasteiger partial charge in [-0.15, -0.1) is 0 Å². The van der Waals surface area contributed by atoms with Gasteiger partial charge in [-0.1, -0.05) is 43.2 Å². The number of unbranched alkanes of at least 4 members (excludes halogenated alkanes) is 2. The molecule has 0 spiro atoms. The summed E-state index contributed by atoms with van der Waals surface area (Å²) in [4.78, 5) is 0. The summed E-state index contributed by atoms with van der Waals surface area (Å²) in [6.07, 6.45) is 13.3. The lowest BCUT2D eigenvalue weighted by molar-refractivity contribution is 0.127. The van der Waals surface area contributed by atoms with Crippen LogP contribution in [0.25, 0.3) is 0 Å². The second-order valence-electron chi connectivity index (χ2n) is 8.73. The summed E-state index contributed by atoms with van der Waals surface area (Å²) in [5.41, 5.74) is 2.01. The summed E-state index contributed by atoms with van der Waals surface area (Å²) in [7, 11) is 1.69. The summed E-state index contributed by atoms with van der Waals surface area (Å²) in [5, 5.41) is 22.8. The Bertz CT molecular complexity index is 670. The van der Waals surface area contributed by atoms with Crippen LogP contribution in [0.1, 0.15) is 51.0 Å². The fourth-order valence-electron chi connectivity index (χ4n) is 3.94. The van der Waals surface area contributed by atoms with E-state index in [9.17, 15) is 10.2 Å². The van der Waals surface area contributed by atoms with Gasteiger partial charge in [0.05, 0.1) is 20.3 Å². The van der Waals surface area contributed by atoms with Crippen LogP contribution in [-0.4, -0.2) is 56.3 Å². The van der Waals surface area contributed by atoms with Crippen molar-refractivity contribution >= 4 is 0 Å². The number of hydrogen-bond donors (Lipinski definition) is 3. The maximum Gasteiger partial charge on any atom is 0.118 e. The number of rotatable bonds is 16. The number of aliphatic hydroxyl groups excluding tert-OH is 2. The topological polar surface area (TPSA) is 71.0 Å². The zero-order valence-corrected chi connectivity index (χ0v) is 19.3. The van der Waals surface area contributed by atoms with Crippen LogP contribution >= 0.6 is 0 Å². The third-order valence-electron chi connectivity index (χ3n) is 6.02. The van der Waals surface area contributed by atoms with E-state index in [4.69, 9.17) is 9.47 Å². The number of hydrogen-bond acceptors (Lipinski definition) is 5. The standard InChI is InChI=1S/C26H41NO4/c1-22(27-20-26(21-29)15-6-9-24(18-26)19-28)8-4-3-5-16-31-17-7-10-23-11-13-25(30-2)14-12-23/h6,9,11-15,22,27-29H,3-5,7-8,10,16-21H2,1-2H3. The van der Waals surface area contributed by atoms with Crippen LogP contribution in [0.5, 0.6) is 5.75 Å². The van der Waals surface area contributed by atoms with Gasteiger partial charge in [-0.3, -0.25) is 0 Å². The van der Waals surface area contributed by atoms with Crippen LogP contribution in [0.3, 0.4) is 0 Å². The van der Waals surface area contributed by atoms with E-state index < -0.39 is 0 Å². The highest BCUT2D eigenvalue weighted by Crippen LogP contribution is 2.30. The van der Waals surface area contributed by atoms with Crippen molar-refractivity contribution < 1.29 is 19.7 Å². The molecule has 0 heterocycles. The Morgan fingerprint density at radius 2 is 1.84 bits per heavy atom. The Morgan fingerprint density at radius 1 is 1.06 bits per heavy atom. The second-order valence-corrected chi connectivity index (χ2v) is 8.73. The summed E-state index contributed by atoms with van der Waals surface area (Å²) >= 11 is 0. The third kappa shape index (κ3) is 9.56. The van der Waals surface area contributed by atoms with Gasteiger partial charge >= 0.3 is 0 Å². The molecule has 5 nitrogen and oxygen atoms in total. The average Bonchev–Trinajstić information content (AvgIpc) is 2.82. The van der Waals surface area contributed by atoms with Gasteiger partial charge in [-0.05, 0) is 62.3 Å². The van der Waals surface area contributed by atoms with Gasteiger partial charge in [0.1, 0.15) is 5.75 Å². The first-order valence-electron chi connectivity index (χ1n) is 11.6. The number of aryl methyl sites for hydroxylation is 1. The minimum Gasteiger partial charge on any atom is -0.497 e. The Kier molecular flexibility index (Phi) is 11.9. The molecule has 0 saturated heterocycles. The molecule has 2 rings (SSSR count). The Hall–Kier alpha value is -1.66. The molecule has 1 aromatic carbocycles. The molecule has 31 heavy (non-hydrogen) atoms. The lowest BCUT2D eigenvalue weighted by Crippen LogP contribution is -2.41. The van der Waals surface area contributed by atoms with Crippen molar-refractivity contribution in [2.24, 2.45) is 5.41 Å². The summed E-state index contributed by atoms with van der Waals surface area (Å²) < 4.78 is 11.0. The van der Waals surface area contributed by atoms with Crippen molar-refractivity contribution in [3.63, 3.8) is 0 Å². The smallest absolute Gasteiger partial charge is 0.118 e. The number of aliphatic hydroxyl groups is 2. The third-order valence-corrected chi connectivity index (χ3v) is 6.02. The molecule has 1 aromatic rings. The number of methoxy groups -OCH3 is 1. The molecular weight excluding hydrogens is 390 g/mol. The Labute approximate surface area is 188 Å². The molecule has 174 valence electrons. The van der Waals surface area contributed by atoms with E-state index in [-0.39, 0.29) is 18.6 Å².